The van der Waals surface area contributed by atoms with E-state index in [2.05, 4.69) is 22.5 Å². The highest BCUT2D eigenvalue weighted by Crippen LogP contribution is 2.21. The molecule has 0 aliphatic rings. The molecule has 0 saturated carbocycles. The number of allylic oxidation sites excluding steroid dienone is 1. The van der Waals surface area contributed by atoms with E-state index in [1.165, 1.54) is 0 Å². The summed E-state index contributed by atoms with van der Waals surface area (Å²) in [5, 5.41) is 0.987. The van der Waals surface area contributed by atoms with Crippen LogP contribution < -0.4 is 0 Å². The van der Waals surface area contributed by atoms with Crippen molar-refractivity contribution in [2.75, 3.05) is 0 Å². The Hall–Kier alpha value is -1.35. The number of carbonyl (C=O) groups excluding carboxylic acids is 1. The van der Waals surface area contributed by atoms with E-state index >= 15 is 0 Å². The van der Waals surface area contributed by atoms with Crippen LogP contribution in [0.4, 0.5) is 0 Å². The van der Waals surface area contributed by atoms with Gasteiger partial charge in [-0.2, -0.15) is 0 Å². The number of carbonyl (C=O) groups is 1. The number of nitrogens with zero attached hydrogens (tertiary/aromatic N) is 1. The monoisotopic (exact) mass is 263 g/mol. The quantitative estimate of drug-likeness (QED) is 0.779. The lowest BCUT2D eigenvalue weighted by Gasteiger charge is -2.02. The van der Waals surface area contributed by atoms with Crippen LogP contribution in [0, 0.1) is 0 Å². The number of hydrogen-bond donors (Lipinski definition) is 0. The van der Waals surface area contributed by atoms with Crippen LogP contribution in [0.5, 0.6) is 0 Å². The van der Waals surface area contributed by atoms with E-state index in [0.29, 0.717) is 6.54 Å². The van der Waals surface area contributed by atoms with Gasteiger partial charge in [0.15, 0.2) is 6.29 Å². The van der Waals surface area contributed by atoms with Gasteiger partial charge in [0.1, 0.15) is 0 Å². The first-order chi connectivity index (χ1) is 7.22. The molecule has 0 atom stereocenters. The van der Waals surface area contributed by atoms with Gasteiger partial charge in [-0.1, -0.05) is 40.7 Å². The average Bonchev–Trinajstić information content (AvgIpc) is 2.56. The lowest BCUT2D eigenvalue weighted by Crippen LogP contribution is -1.94. The summed E-state index contributed by atoms with van der Waals surface area (Å²) in [6.45, 7) is 4.47. The number of aldehydes is 1. The van der Waals surface area contributed by atoms with Crippen LogP contribution in [0.15, 0.2) is 41.5 Å². The zero-order valence-electron chi connectivity index (χ0n) is 8.11. The van der Waals surface area contributed by atoms with Crippen LogP contribution in [0.25, 0.3) is 10.9 Å². The number of hydrogen-bond acceptors (Lipinski definition) is 1. The predicted octanol–water partition coefficient (Wildman–Crippen LogP) is 3.36. The van der Waals surface area contributed by atoms with Crippen molar-refractivity contribution in [3.05, 3.63) is 47.1 Å². The summed E-state index contributed by atoms with van der Waals surface area (Å²) in [5.74, 6) is 0. The number of fused-ring (bicyclic) bond motifs is 1. The molecule has 0 unspecified atom stereocenters. The Bertz CT molecular complexity index is 527. The van der Waals surface area contributed by atoms with Crippen LogP contribution in [-0.4, -0.2) is 10.9 Å². The average molecular weight is 264 g/mol. The smallest absolute Gasteiger partial charge is 0.152 e. The topological polar surface area (TPSA) is 22.0 Å². The highest BCUT2D eigenvalue weighted by atomic mass is 79.9. The van der Waals surface area contributed by atoms with E-state index < -0.39 is 0 Å². The van der Waals surface area contributed by atoms with Crippen molar-refractivity contribution in [3.63, 3.8) is 0 Å². The Kier molecular flexibility index (Phi) is 2.73. The van der Waals surface area contributed by atoms with Gasteiger partial charge >= 0.3 is 0 Å². The summed E-state index contributed by atoms with van der Waals surface area (Å²) in [5.41, 5.74) is 1.78. The van der Waals surface area contributed by atoms with Gasteiger partial charge in [0.05, 0.1) is 6.54 Å². The number of benzene rings is 1. The number of halogens is 1. The molecular formula is C12H10BrNO. The second kappa shape index (κ2) is 4.03. The molecule has 0 N–H and O–H groups in total. The fraction of sp³-hybridized carbons (Fsp3) is 0.0833. The van der Waals surface area contributed by atoms with Crippen molar-refractivity contribution in [1.82, 2.24) is 4.57 Å². The van der Waals surface area contributed by atoms with Gasteiger partial charge in [-0.15, -0.1) is 0 Å². The molecule has 0 aliphatic carbocycles. The molecule has 1 aromatic carbocycles. The van der Waals surface area contributed by atoms with E-state index in [9.17, 15) is 4.79 Å². The van der Waals surface area contributed by atoms with Crippen LogP contribution in [-0.2, 0) is 6.54 Å². The van der Waals surface area contributed by atoms with Gasteiger partial charge < -0.3 is 4.57 Å². The van der Waals surface area contributed by atoms with Gasteiger partial charge in [-0.3, -0.25) is 4.79 Å². The van der Waals surface area contributed by atoms with Crippen LogP contribution in [0.2, 0.25) is 0 Å². The standard InChI is InChI=1S/C12H10BrNO/c1-9(13)6-14-7-10(8-15)11-4-2-3-5-12(11)14/h2-5,7-8H,1,6H2. The van der Waals surface area contributed by atoms with E-state index in [-0.39, 0.29) is 0 Å². The van der Waals surface area contributed by atoms with Gasteiger partial charge in [0.2, 0.25) is 0 Å². The Balaban J connectivity index is 2.64. The second-order valence-corrected chi connectivity index (χ2v) is 4.49. The van der Waals surface area contributed by atoms with E-state index in [0.717, 1.165) is 27.2 Å². The molecule has 0 saturated heterocycles. The molecule has 0 aliphatic heterocycles. The van der Waals surface area contributed by atoms with E-state index in [1.807, 2.05) is 35.0 Å². The second-order valence-electron chi connectivity index (χ2n) is 3.36. The third-order valence-corrected chi connectivity index (χ3v) is 2.54. The zero-order chi connectivity index (χ0) is 10.8. The maximum Gasteiger partial charge on any atom is 0.152 e. The van der Waals surface area contributed by atoms with Crippen LogP contribution in [0.1, 0.15) is 10.4 Å². The van der Waals surface area contributed by atoms with Gasteiger partial charge in [0, 0.05) is 27.1 Å². The highest BCUT2D eigenvalue weighted by Gasteiger charge is 2.06. The molecular weight excluding hydrogens is 254 g/mol. The Labute approximate surface area is 96.3 Å². The van der Waals surface area contributed by atoms with Gasteiger partial charge in [-0.05, 0) is 6.07 Å². The summed E-state index contributed by atoms with van der Waals surface area (Å²) in [7, 11) is 0. The molecule has 1 heterocycles. The Morgan fingerprint density at radius 2 is 2.20 bits per heavy atom. The van der Waals surface area contributed by atoms with Crippen LogP contribution in [0.3, 0.4) is 0 Å². The molecule has 1 aromatic heterocycles. The Morgan fingerprint density at radius 3 is 2.87 bits per heavy atom. The molecule has 0 spiro atoms. The number of aromatic nitrogens is 1. The van der Waals surface area contributed by atoms with Crippen LogP contribution >= 0.6 is 15.9 Å². The minimum Gasteiger partial charge on any atom is -0.342 e. The van der Waals surface area contributed by atoms with Crippen molar-refractivity contribution in [3.8, 4) is 0 Å². The van der Waals surface area contributed by atoms with Crippen molar-refractivity contribution in [1.29, 1.82) is 0 Å². The highest BCUT2D eigenvalue weighted by molar-refractivity contribution is 9.11. The first-order valence-corrected chi connectivity index (χ1v) is 5.38. The number of rotatable bonds is 3. The molecule has 15 heavy (non-hydrogen) atoms. The summed E-state index contributed by atoms with van der Waals surface area (Å²) < 4.78 is 2.90. The summed E-state index contributed by atoms with van der Waals surface area (Å²) in [4.78, 5) is 10.9. The molecule has 2 aromatic rings. The van der Waals surface area contributed by atoms with Gasteiger partial charge in [-0.25, -0.2) is 0 Å². The summed E-state index contributed by atoms with van der Waals surface area (Å²) >= 11 is 3.32. The third-order valence-electron chi connectivity index (χ3n) is 2.29. The molecule has 2 rings (SSSR count). The summed E-state index contributed by atoms with van der Waals surface area (Å²) in [6, 6.07) is 7.85. The van der Waals surface area contributed by atoms with Crippen molar-refractivity contribution in [2.24, 2.45) is 0 Å². The van der Waals surface area contributed by atoms with Crippen molar-refractivity contribution in [2.45, 2.75) is 6.54 Å². The molecule has 0 radical (unpaired) electrons. The van der Waals surface area contributed by atoms with E-state index in [1.54, 1.807) is 0 Å². The zero-order valence-corrected chi connectivity index (χ0v) is 9.70. The fourth-order valence-corrected chi connectivity index (χ4v) is 1.95. The first kappa shape index (κ1) is 10.2. The SMILES string of the molecule is C=C(Br)Cn1cc(C=O)c2ccccc21. The third kappa shape index (κ3) is 1.88. The minimum atomic E-state index is 0.675. The lowest BCUT2D eigenvalue weighted by atomic mass is 10.2. The van der Waals surface area contributed by atoms with Gasteiger partial charge in [0.25, 0.3) is 0 Å². The normalized spacial score (nSPS) is 10.5. The van der Waals surface area contributed by atoms with E-state index in [4.69, 9.17) is 0 Å². The molecule has 0 bridgehead atoms. The first-order valence-electron chi connectivity index (χ1n) is 4.58. The summed E-state index contributed by atoms with van der Waals surface area (Å²) in [6.07, 6.45) is 2.74. The maximum atomic E-state index is 10.9. The Morgan fingerprint density at radius 1 is 1.47 bits per heavy atom. The van der Waals surface area contributed by atoms with Crippen molar-refractivity contribution < 1.29 is 4.79 Å². The largest absolute Gasteiger partial charge is 0.342 e. The minimum absolute atomic E-state index is 0.675. The predicted molar refractivity (Wildman–Crippen MR) is 65.4 cm³/mol. The lowest BCUT2D eigenvalue weighted by molar-refractivity contribution is 0.112. The number of para-hydroxylation sites is 1. The molecule has 3 heteroatoms. The van der Waals surface area contributed by atoms with Crippen molar-refractivity contribution >= 4 is 33.1 Å². The maximum absolute atomic E-state index is 10.9. The molecule has 76 valence electrons. The fourth-order valence-electron chi connectivity index (χ4n) is 1.68. The molecule has 2 nitrogen and oxygen atoms in total. The molecule has 0 amide bonds. The molecule has 0 fully saturated rings.